The maximum Gasteiger partial charge on any atom is 2.00 e. The molecule has 0 aliphatic heterocycles. The van der Waals surface area contributed by atoms with Crippen molar-refractivity contribution in [3.63, 3.8) is 0 Å². The molecular formula is C13H16CaO6. The van der Waals surface area contributed by atoms with Gasteiger partial charge in [0.25, 0.3) is 6.47 Å². The summed E-state index contributed by atoms with van der Waals surface area (Å²) >= 11 is 0. The van der Waals surface area contributed by atoms with Crippen LogP contribution in [0.4, 0.5) is 0 Å². The summed E-state index contributed by atoms with van der Waals surface area (Å²) < 4.78 is 0. The summed E-state index contributed by atoms with van der Waals surface area (Å²) in [4.78, 5) is 27.6. The SMILES string of the molecule is C/C=C/C=C/C(=O)[O-].C/C=C/C=C/C(=O)[O-].O=CO.[Ca+2]. The first-order valence-corrected chi connectivity index (χ1v) is 5.04. The van der Waals surface area contributed by atoms with E-state index in [1.807, 2.05) is 0 Å². The van der Waals surface area contributed by atoms with E-state index in [9.17, 15) is 19.8 Å². The Bertz CT molecular complexity index is 324. The van der Waals surface area contributed by atoms with Gasteiger partial charge in [-0.1, -0.05) is 36.5 Å². The molecule has 0 amide bonds. The molecular weight excluding hydrogens is 292 g/mol. The Labute approximate surface area is 147 Å². The van der Waals surface area contributed by atoms with E-state index in [0.29, 0.717) is 0 Å². The third kappa shape index (κ3) is 54.5. The van der Waals surface area contributed by atoms with Gasteiger partial charge in [0.2, 0.25) is 0 Å². The summed E-state index contributed by atoms with van der Waals surface area (Å²) in [6, 6.07) is 0. The van der Waals surface area contributed by atoms with Crippen molar-refractivity contribution in [2.45, 2.75) is 13.8 Å². The maximum absolute atomic E-state index is 9.64. The van der Waals surface area contributed by atoms with Crippen molar-refractivity contribution in [3.8, 4) is 0 Å². The second-order valence-corrected chi connectivity index (χ2v) is 2.51. The molecule has 0 rings (SSSR count). The molecule has 0 saturated carbocycles. The van der Waals surface area contributed by atoms with Crippen LogP contribution in [0.15, 0.2) is 48.6 Å². The van der Waals surface area contributed by atoms with Crippen LogP contribution >= 0.6 is 0 Å². The predicted octanol–water partition coefficient (Wildman–Crippen LogP) is -0.943. The van der Waals surface area contributed by atoms with Crippen LogP contribution in [-0.2, 0) is 14.4 Å². The molecule has 0 spiro atoms. The van der Waals surface area contributed by atoms with E-state index in [4.69, 9.17) is 9.90 Å². The van der Waals surface area contributed by atoms with Gasteiger partial charge in [-0.05, 0) is 26.0 Å². The number of aliphatic carboxylic acids is 2. The largest absolute Gasteiger partial charge is 2.00 e. The van der Waals surface area contributed by atoms with Crippen molar-refractivity contribution < 1.29 is 29.7 Å². The van der Waals surface area contributed by atoms with Crippen molar-refractivity contribution in [3.05, 3.63) is 48.6 Å². The molecule has 0 atom stereocenters. The minimum absolute atomic E-state index is 0. The van der Waals surface area contributed by atoms with Crippen LogP contribution in [0, 0.1) is 0 Å². The average molecular weight is 308 g/mol. The number of carboxylic acid groups (broad SMARTS) is 3. The fraction of sp³-hybridized carbons (Fsp3) is 0.154. The first-order valence-electron chi connectivity index (χ1n) is 5.04. The van der Waals surface area contributed by atoms with E-state index in [1.165, 1.54) is 12.2 Å². The topological polar surface area (TPSA) is 118 Å². The zero-order valence-corrected chi connectivity index (χ0v) is 13.6. The summed E-state index contributed by atoms with van der Waals surface area (Å²) in [6.45, 7) is 3.36. The second kappa shape index (κ2) is 26.2. The van der Waals surface area contributed by atoms with Gasteiger partial charge in [0.05, 0.1) is 11.9 Å². The molecule has 0 aromatic carbocycles. The number of allylic oxidation sites excluding steroid dienone is 6. The number of carbonyl (C=O) groups excluding carboxylic acids is 2. The van der Waals surface area contributed by atoms with E-state index < -0.39 is 11.9 Å². The van der Waals surface area contributed by atoms with E-state index in [2.05, 4.69) is 0 Å². The normalized spacial score (nSPS) is 9.50. The number of rotatable bonds is 4. The number of hydrogen-bond donors (Lipinski definition) is 1. The molecule has 0 aliphatic carbocycles. The zero-order chi connectivity index (χ0) is 15.5. The molecule has 0 bridgehead atoms. The molecule has 7 heteroatoms. The number of carbonyl (C=O) groups is 3. The minimum Gasteiger partial charge on any atom is -0.545 e. The van der Waals surface area contributed by atoms with Crippen molar-refractivity contribution in [2.24, 2.45) is 0 Å². The van der Waals surface area contributed by atoms with Gasteiger partial charge in [0.15, 0.2) is 0 Å². The van der Waals surface area contributed by atoms with Crippen LogP contribution in [0.25, 0.3) is 0 Å². The number of hydrogen-bond acceptors (Lipinski definition) is 5. The molecule has 20 heavy (non-hydrogen) atoms. The molecule has 0 heterocycles. The Kier molecular flexibility index (Phi) is 35.5. The fourth-order valence-corrected chi connectivity index (χ4v) is 0.490. The maximum atomic E-state index is 9.64. The van der Waals surface area contributed by atoms with Gasteiger partial charge in [-0.25, -0.2) is 0 Å². The summed E-state index contributed by atoms with van der Waals surface area (Å²) in [7, 11) is 0. The van der Waals surface area contributed by atoms with Crippen LogP contribution in [0.2, 0.25) is 0 Å². The van der Waals surface area contributed by atoms with Gasteiger partial charge < -0.3 is 24.9 Å². The predicted molar refractivity (Wildman–Crippen MR) is 72.4 cm³/mol. The van der Waals surface area contributed by atoms with Crippen LogP contribution in [0.1, 0.15) is 13.8 Å². The Balaban J connectivity index is -0.000000103. The minimum atomic E-state index is -1.16. The number of carboxylic acids is 2. The molecule has 106 valence electrons. The van der Waals surface area contributed by atoms with Crippen molar-refractivity contribution >= 4 is 56.1 Å². The molecule has 1 N–H and O–H groups in total. The Morgan fingerprint density at radius 2 is 1.10 bits per heavy atom. The first-order chi connectivity index (χ1) is 8.95. The van der Waals surface area contributed by atoms with Crippen molar-refractivity contribution in [1.82, 2.24) is 0 Å². The Hall–Kier alpha value is -1.37. The quantitative estimate of drug-likeness (QED) is 0.310. The third-order valence-corrected chi connectivity index (χ3v) is 1.07. The molecule has 0 aromatic heterocycles. The van der Waals surface area contributed by atoms with E-state index in [-0.39, 0.29) is 44.2 Å². The summed E-state index contributed by atoms with van der Waals surface area (Å²) in [5.41, 5.74) is 0. The van der Waals surface area contributed by atoms with Crippen molar-refractivity contribution in [1.29, 1.82) is 0 Å². The smallest absolute Gasteiger partial charge is 0.545 e. The third-order valence-electron chi connectivity index (χ3n) is 1.07. The van der Waals surface area contributed by atoms with Gasteiger partial charge in [-0.15, -0.1) is 0 Å². The van der Waals surface area contributed by atoms with E-state index in [0.717, 1.165) is 12.2 Å². The van der Waals surface area contributed by atoms with Gasteiger partial charge >= 0.3 is 37.7 Å². The van der Waals surface area contributed by atoms with Gasteiger partial charge in [0.1, 0.15) is 0 Å². The molecule has 0 radical (unpaired) electrons. The van der Waals surface area contributed by atoms with Crippen LogP contribution < -0.4 is 10.2 Å². The zero-order valence-electron chi connectivity index (χ0n) is 11.4. The standard InChI is InChI=1S/2C6H8O2.CH2O2.Ca/c2*1-2-3-4-5-6(7)8;2-1-3;/h2*2-5H,1H3,(H,7,8);1H,(H,2,3);/q;;;+2/p-2/b2*3-2+,5-4+;;. The molecule has 6 nitrogen and oxygen atoms in total. The molecule has 0 unspecified atom stereocenters. The van der Waals surface area contributed by atoms with Gasteiger partial charge in [-0.2, -0.15) is 0 Å². The average Bonchev–Trinajstić information content (AvgIpc) is 2.31. The monoisotopic (exact) mass is 308 g/mol. The van der Waals surface area contributed by atoms with Crippen LogP contribution in [0.5, 0.6) is 0 Å². The summed E-state index contributed by atoms with van der Waals surface area (Å²) in [6.07, 6.45) is 11.5. The first kappa shape index (κ1) is 27.1. The van der Waals surface area contributed by atoms with E-state index >= 15 is 0 Å². The fourth-order valence-electron chi connectivity index (χ4n) is 0.490. The summed E-state index contributed by atoms with van der Waals surface area (Å²) in [5, 5.41) is 26.2. The second-order valence-electron chi connectivity index (χ2n) is 2.51. The summed E-state index contributed by atoms with van der Waals surface area (Å²) in [5.74, 6) is -2.33. The molecule has 0 aromatic rings. The molecule has 0 saturated heterocycles. The Morgan fingerprint density at radius 1 is 0.850 bits per heavy atom. The van der Waals surface area contributed by atoms with Crippen molar-refractivity contribution in [2.75, 3.05) is 0 Å². The van der Waals surface area contributed by atoms with Crippen LogP contribution in [-0.4, -0.2) is 61.3 Å². The molecule has 0 fully saturated rings. The van der Waals surface area contributed by atoms with Gasteiger partial charge in [-0.3, -0.25) is 4.79 Å². The molecule has 0 aliphatic rings. The van der Waals surface area contributed by atoms with Crippen LogP contribution in [0.3, 0.4) is 0 Å². The van der Waals surface area contributed by atoms with E-state index in [1.54, 1.807) is 38.2 Å². The Morgan fingerprint density at radius 3 is 1.25 bits per heavy atom. The van der Waals surface area contributed by atoms with Gasteiger partial charge in [0, 0.05) is 0 Å².